The van der Waals surface area contributed by atoms with Gasteiger partial charge in [0.2, 0.25) is 0 Å². The number of ether oxygens (including phenoxy) is 1. The summed E-state index contributed by atoms with van der Waals surface area (Å²) in [5.41, 5.74) is 17.1. The van der Waals surface area contributed by atoms with Crippen LogP contribution >= 0.6 is 23.5 Å². The van der Waals surface area contributed by atoms with Crippen molar-refractivity contribution in [2.24, 2.45) is 26.4 Å². The van der Waals surface area contributed by atoms with Gasteiger partial charge in [-0.1, -0.05) is 24.1 Å². The van der Waals surface area contributed by atoms with Crippen LogP contribution in [0.3, 0.4) is 0 Å². The summed E-state index contributed by atoms with van der Waals surface area (Å²) in [6.07, 6.45) is 2.08. The van der Waals surface area contributed by atoms with Gasteiger partial charge in [0.25, 0.3) is 5.91 Å². The molecule has 0 radical (unpaired) electrons. The Morgan fingerprint density at radius 3 is 2.83 bits per heavy atom. The Kier molecular flexibility index (Phi) is 13.5. The lowest BCUT2D eigenvalue weighted by Crippen LogP contribution is -2.61. The van der Waals surface area contributed by atoms with Gasteiger partial charge in [-0.25, -0.2) is 5.48 Å². The van der Waals surface area contributed by atoms with Crippen molar-refractivity contribution in [3.8, 4) is 0 Å². The Bertz CT molecular complexity index is 1100. The largest absolute Gasteiger partial charge is 0.378 e. The number of nitrogens with one attached hydrogen (secondary N) is 2. The highest BCUT2D eigenvalue weighted by Crippen LogP contribution is 2.32. The molecule has 0 saturated carbocycles. The lowest BCUT2D eigenvalue weighted by atomic mass is 9.97. The van der Waals surface area contributed by atoms with Crippen molar-refractivity contribution in [3.63, 3.8) is 0 Å². The summed E-state index contributed by atoms with van der Waals surface area (Å²) >= 11 is 7.40. The van der Waals surface area contributed by atoms with Gasteiger partial charge in [-0.2, -0.15) is 0 Å². The number of hydrogen-bond donors (Lipinski definition) is 5. The third kappa shape index (κ3) is 9.21. The van der Waals surface area contributed by atoms with Crippen LogP contribution in [0.1, 0.15) is 11.6 Å². The molecule has 1 aromatic carbocycles. The molecule has 1 saturated heterocycles. The second kappa shape index (κ2) is 16.8. The Morgan fingerprint density at radius 1 is 1.39 bits per heavy atom. The molecule has 7 N–H and O–H groups in total. The molecule has 4 atom stereocenters. The molecule has 3 rings (SSSR count). The van der Waals surface area contributed by atoms with E-state index in [0.717, 1.165) is 22.8 Å². The summed E-state index contributed by atoms with van der Waals surface area (Å²) in [5.74, 6) is 1.37. The highest BCUT2D eigenvalue weighted by atomic mass is 35.5. The number of amides is 1. The predicted octanol–water partition coefficient (Wildman–Crippen LogP) is 0.733. The lowest BCUT2D eigenvalue weighted by molar-refractivity contribution is -0.124. The molecule has 0 aliphatic carbocycles. The molecular formula is C26H41ClN10O3S. The molecule has 1 aromatic rings. The van der Waals surface area contributed by atoms with Crippen molar-refractivity contribution in [1.82, 2.24) is 20.2 Å². The van der Waals surface area contributed by atoms with Gasteiger partial charge in [-0.3, -0.25) is 34.8 Å². The van der Waals surface area contributed by atoms with E-state index < -0.39 is 18.1 Å². The maximum absolute atomic E-state index is 11.8. The first kappa shape index (κ1) is 32.9. The number of hydroxylamine groups is 1. The molecule has 15 heteroatoms. The number of amidine groups is 1. The fraction of sp³-hybridized carbons (Fsp3) is 0.538. The molecule has 3 unspecified atom stereocenters. The summed E-state index contributed by atoms with van der Waals surface area (Å²) in [7, 11) is 3.89. The number of halogens is 1. The number of carbonyl (C=O) groups excluding carboxylic acids is 1. The first-order valence-corrected chi connectivity index (χ1v) is 14.8. The van der Waals surface area contributed by atoms with Crippen molar-refractivity contribution in [2.75, 3.05) is 70.0 Å². The summed E-state index contributed by atoms with van der Waals surface area (Å²) < 4.78 is 8.93. The zero-order valence-electron chi connectivity index (χ0n) is 23.5. The van der Waals surface area contributed by atoms with Crippen LogP contribution in [0.15, 0.2) is 51.0 Å². The van der Waals surface area contributed by atoms with E-state index in [2.05, 4.69) is 43.4 Å². The second-order valence-corrected chi connectivity index (χ2v) is 11.0. The average molecular weight is 609 g/mol. The Labute approximate surface area is 250 Å². The van der Waals surface area contributed by atoms with E-state index in [9.17, 15) is 4.79 Å². The molecular weight excluding hydrogens is 568 g/mol. The Hall–Kier alpha value is -2.56. The molecule has 226 valence electrons. The minimum absolute atomic E-state index is 0.0736. The standard InChI is InChI=1S/C26H41ClN10O3S/c1-30-14-19(26(38)33-39)15-31-17-35(2)16-21-23(18-5-4-6-20(13-18)34-41-12-7-27)32-25(22(28)24(29)36(21)3)37-8-10-40-11-9-37/h4-6,13-15,21-24,34,39H,1,7-12,16-17,28-29H2,2-3H3,(H,33,38)/b19-14+,31-15-/t21-,22?,23?,24?/m1/s1. The number of nitrogens with zero attached hydrogens (tertiary/aromatic N) is 6. The minimum atomic E-state index is -0.727. The van der Waals surface area contributed by atoms with Crippen LogP contribution in [0, 0.1) is 0 Å². The van der Waals surface area contributed by atoms with Crippen LogP contribution in [-0.4, -0.2) is 128 Å². The number of alkyl halides is 1. The van der Waals surface area contributed by atoms with Crippen LogP contribution < -0.4 is 21.7 Å². The number of anilines is 1. The molecule has 2 aliphatic rings. The van der Waals surface area contributed by atoms with E-state index in [-0.39, 0.29) is 24.3 Å². The number of aliphatic imine (C=N–C) groups is 3. The molecule has 41 heavy (non-hydrogen) atoms. The summed E-state index contributed by atoms with van der Waals surface area (Å²) in [4.78, 5) is 31.3. The monoisotopic (exact) mass is 608 g/mol. The van der Waals surface area contributed by atoms with Gasteiger partial charge in [-0.15, -0.1) is 11.6 Å². The average Bonchev–Trinajstić information content (AvgIpc) is 3.07. The zero-order valence-corrected chi connectivity index (χ0v) is 25.1. The smallest absolute Gasteiger partial charge is 0.277 e. The molecule has 0 spiro atoms. The summed E-state index contributed by atoms with van der Waals surface area (Å²) in [6, 6.07) is 7.24. The molecule has 13 nitrogen and oxygen atoms in total. The number of likely N-dealkylation sites (N-methyl/N-ethyl adjacent to an activating group) is 2. The second-order valence-electron chi connectivity index (χ2n) is 9.75. The zero-order chi connectivity index (χ0) is 29.8. The van der Waals surface area contributed by atoms with E-state index >= 15 is 0 Å². The summed E-state index contributed by atoms with van der Waals surface area (Å²) in [5, 5.41) is 8.96. The molecule has 1 amide bonds. The fourth-order valence-corrected chi connectivity index (χ4v) is 5.41. The van der Waals surface area contributed by atoms with E-state index in [1.165, 1.54) is 12.4 Å². The van der Waals surface area contributed by atoms with E-state index in [0.29, 0.717) is 38.7 Å². The number of hydrogen-bond acceptors (Lipinski definition) is 13. The van der Waals surface area contributed by atoms with Gasteiger partial charge in [0, 0.05) is 49.4 Å². The molecule has 1 fully saturated rings. The summed E-state index contributed by atoms with van der Waals surface area (Å²) in [6.45, 7) is 6.77. The predicted molar refractivity (Wildman–Crippen MR) is 167 cm³/mol. The Balaban J connectivity index is 1.93. The highest BCUT2D eigenvalue weighted by molar-refractivity contribution is 8.00. The molecule has 2 aliphatic heterocycles. The van der Waals surface area contributed by atoms with Gasteiger partial charge in [0.05, 0.1) is 49.7 Å². The highest BCUT2D eigenvalue weighted by Gasteiger charge is 2.39. The maximum atomic E-state index is 11.8. The number of nitrogens with two attached hydrogens (primary N) is 2. The van der Waals surface area contributed by atoms with E-state index in [1.807, 2.05) is 31.1 Å². The van der Waals surface area contributed by atoms with Gasteiger partial charge in [0.1, 0.15) is 5.84 Å². The third-order valence-corrected chi connectivity index (χ3v) is 8.08. The fourth-order valence-electron chi connectivity index (χ4n) is 4.70. The van der Waals surface area contributed by atoms with Crippen LogP contribution in [0.25, 0.3) is 0 Å². The molecule has 2 heterocycles. The maximum Gasteiger partial charge on any atom is 0.277 e. The Morgan fingerprint density at radius 2 is 2.15 bits per heavy atom. The van der Waals surface area contributed by atoms with Crippen molar-refractivity contribution >= 4 is 53.9 Å². The normalized spacial score (nSPS) is 24.3. The molecule has 0 aromatic heterocycles. The van der Waals surface area contributed by atoms with Crippen LogP contribution in [0.2, 0.25) is 0 Å². The van der Waals surface area contributed by atoms with E-state index in [4.69, 9.17) is 38.0 Å². The quantitative estimate of drug-likeness (QED) is 0.0434. The third-order valence-electron chi connectivity index (χ3n) is 6.87. The SMILES string of the molecule is C=N/C=C(\C=N/CN(C)C[C@@H]1C(c2cccc(NSCCCl)c2)N=C(N2CCOCC2)C(N)C(N)N1C)C(=O)NO. The first-order chi connectivity index (χ1) is 19.8. The minimum Gasteiger partial charge on any atom is -0.378 e. The van der Waals surface area contributed by atoms with Gasteiger partial charge in [0.15, 0.2) is 0 Å². The van der Waals surface area contributed by atoms with Crippen LogP contribution in [-0.2, 0) is 9.53 Å². The molecule has 0 bridgehead atoms. The van der Waals surface area contributed by atoms with E-state index in [1.54, 1.807) is 17.4 Å². The van der Waals surface area contributed by atoms with Crippen molar-refractivity contribution in [3.05, 3.63) is 41.6 Å². The van der Waals surface area contributed by atoms with Crippen molar-refractivity contribution in [1.29, 1.82) is 0 Å². The number of benzene rings is 1. The van der Waals surface area contributed by atoms with Gasteiger partial charge < -0.3 is 25.8 Å². The van der Waals surface area contributed by atoms with Gasteiger partial charge in [-0.05, 0) is 38.5 Å². The number of carbonyl (C=O) groups is 1. The van der Waals surface area contributed by atoms with Crippen LogP contribution in [0.4, 0.5) is 5.69 Å². The lowest BCUT2D eigenvalue weighted by Gasteiger charge is -2.38. The first-order valence-electron chi connectivity index (χ1n) is 13.3. The van der Waals surface area contributed by atoms with Crippen LogP contribution in [0.5, 0.6) is 0 Å². The number of morpholine rings is 1. The van der Waals surface area contributed by atoms with Gasteiger partial charge >= 0.3 is 0 Å². The number of rotatable bonds is 12. The van der Waals surface area contributed by atoms with Crippen molar-refractivity contribution in [2.45, 2.75) is 24.3 Å². The van der Waals surface area contributed by atoms with Crippen molar-refractivity contribution < 1.29 is 14.7 Å². The topological polar surface area (TPSA) is 169 Å².